The molecule has 0 atom stereocenters. The third-order valence-electron chi connectivity index (χ3n) is 3.43. The minimum Gasteiger partial charge on any atom is -0.350 e. The molecule has 2 aromatic rings. The maximum atomic E-state index is 12.2. The average Bonchev–Trinajstić information content (AvgIpc) is 3.08. The summed E-state index contributed by atoms with van der Waals surface area (Å²) in [6.45, 7) is 0.554. The summed E-state index contributed by atoms with van der Waals surface area (Å²) in [5.41, 5.74) is 0.720. The molecule has 2 aromatic heterocycles. The molecular formula is C13H16BrN5O. The van der Waals surface area contributed by atoms with Crippen LogP contribution in [0.2, 0.25) is 0 Å². The van der Waals surface area contributed by atoms with E-state index in [1.165, 1.54) is 0 Å². The molecule has 0 aromatic carbocycles. The standard InChI is InChI=1S/C13H16BrN5O/c1-18-8-16-17-12(18)4-5-15-13(20)11-6-9(14)7-19(11)10-2-3-10/h6-8,10H,2-5H2,1H3,(H,15,20). The van der Waals surface area contributed by atoms with Crippen LogP contribution in [0.5, 0.6) is 0 Å². The molecule has 0 unspecified atom stereocenters. The summed E-state index contributed by atoms with van der Waals surface area (Å²) in [7, 11) is 1.90. The van der Waals surface area contributed by atoms with Crippen molar-refractivity contribution in [1.29, 1.82) is 0 Å². The molecule has 1 aliphatic rings. The summed E-state index contributed by atoms with van der Waals surface area (Å²) < 4.78 is 4.86. The smallest absolute Gasteiger partial charge is 0.267 e. The van der Waals surface area contributed by atoms with Gasteiger partial charge < -0.3 is 14.5 Å². The molecule has 2 heterocycles. The summed E-state index contributed by atoms with van der Waals surface area (Å²) in [6.07, 6.45) is 6.62. The molecule has 1 fully saturated rings. The predicted molar refractivity (Wildman–Crippen MR) is 77.4 cm³/mol. The minimum absolute atomic E-state index is 0.0373. The fourth-order valence-electron chi connectivity index (χ4n) is 2.19. The Morgan fingerprint density at radius 2 is 2.35 bits per heavy atom. The van der Waals surface area contributed by atoms with Crippen molar-refractivity contribution in [2.45, 2.75) is 25.3 Å². The molecule has 20 heavy (non-hydrogen) atoms. The van der Waals surface area contributed by atoms with Gasteiger partial charge in [0.2, 0.25) is 0 Å². The molecule has 0 radical (unpaired) electrons. The summed E-state index contributed by atoms with van der Waals surface area (Å²) in [6, 6.07) is 2.36. The summed E-state index contributed by atoms with van der Waals surface area (Å²) in [5.74, 6) is 0.828. The zero-order valence-corrected chi connectivity index (χ0v) is 12.8. The van der Waals surface area contributed by atoms with Crippen LogP contribution >= 0.6 is 15.9 Å². The zero-order valence-electron chi connectivity index (χ0n) is 11.2. The van der Waals surface area contributed by atoms with E-state index in [1.807, 2.05) is 23.9 Å². The molecular weight excluding hydrogens is 322 g/mol. The molecule has 0 saturated heterocycles. The first kappa shape index (κ1) is 13.4. The van der Waals surface area contributed by atoms with Crippen LogP contribution in [0.25, 0.3) is 0 Å². The lowest BCUT2D eigenvalue weighted by molar-refractivity contribution is 0.0944. The molecule has 1 amide bonds. The van der Waals surface area contributed by atoms with Gasteiger partial charge in [0.05, 0.1) is 0 Å². The predicted octanol–water partition coefficient (Wildman–Crippen LogP) is 1.69. The van der Waals surface area contributed by atoms with Crippen LogP contribution in [0.15, 0.2) is 23.1 Å². The number of halogens is 1. The van der Waals surface area contributed by atoms with E-state index in [9.17, 15) is 4.79 Å². The highest BCUT2D eigenvalue weighted by Crippen LogP contribution is 2.37. The van der Waals surface area contributed by atoms with Gasteiger partial charge in [-0.05, 0) is 34.8 Å². The van der Waals surface area contributed by atoms with E-state index in [1.54, 1.807) is 6.33 Å². The highest BCUT2D eigenvalue weighted by Gasteiger charge is 2.27. The van der Waals surface area contributed by atoms with Gasteiger partial charge >= 0.3 is 0 Å². The molecule has 1 saturated carbocycles. The number of nitrogens with one attached hydrogen (secondary N) is 1. The third kappa shape index (κ3) is 2.77. The number of carbonyl (C=O) groups is 1. The molecule has 0 spiro atoms. The number of hydrogen-bond donors (Lipinski definition) is 1. The van der Waals surface area contributed by atoms with Crippen molar-refractivity contribution < 1.29 is 4.79 Å². The van der Waals surface area contributed by atoms with Crippen LogP contribution in [0.3, 0.4) is 0 Å². The fraction of sp³-hybridized carbons (Fsp3) is 0.462. The Morgan fingerprint density at radius 3 is 3.00 bits per heavy atom. The van der Waals surface area contributed by atoms with Crippen LogP contribution in [0, 0.1) is 0 Å². The lowest BCUT2D eigenvalue weighted by atomic mass is 10.3. The molecule has 3 rings (SSSR count). The first-order chi connectivity index (χ1) is 9.65. The number of carbonyl (C=O) groups excluding carboxylic acids is 1. The second-order valence-corrected chi connectivity index (χ2v) is 5.96. The Kier molecular flexibility index (Phi) is 3.60. The largest absolute Gasteiger partial charge is 0.350 e. The van der Waals surface area contributed by atoms with Crippen molar-refractivity contribution in [3.63, 3.8) is 0 Å². The maximum Gasteiger partial charge on any atom is 0.267 e. The quantitative estimate of drug-likeness (QED) is 0.902. The minimum atomic E-state index is -0.0373. The Labute approximate surface area is 125 Å². The summed E-state index contributed by atoms with van der Waals surface area (Å²) >= 11 is 3.43. The van der Waals surface area contributed by atoms with Gasteiger partial charge in [0.1, 0.15) is 17.8 Å². The monoisotopic (exact) mass is 337 g/mol. The zero-order chi connectivity index (χ0) is 14.1. The summed E-state index contributed by atoms with van der Waals surface area (Å²) in [4.78, 5) is 12.2. The lowest BCUT2D eigenvalue weighted by Gasteiger charge is -2.08. The number of amides is 1. The average molecular weight is 338 g/mol. The third-order valence-corrected chi connectivity index (χ3v) is 3.86. The van der Waals surface area contributed by atoms with E-state index >= 15 is 0 Å². The van der Waals surface area contributed by atoms with Crippen LogP contribution in [-0.2, 0) is 13.5 Å². The van der Waals surface area contributed by atoms with Gasteiger partial charge in [-0.2, -0.15) is 0 Å². The SMILES string of the molecule is Cn1cnnc1CCNC(=O)c1cc(Br)cn1C1CC1. The van der Waals surface area contributed by atoms with Crippen molar-refractivity contribution in [1.82, 2.24) is 24.6 Å². The van der Waals surface area contributed by atoms with Crippen molar-refractivity contribution in [2.75, 3.05) is 6.54 Å². The number of rotatable bonds is 5. The second kappa shape index (κ2) is 5.40. The van der Waals surface area contributed by atoms with E-state index in [4.69, 9.17) is 0 Å². The van der Waals surface area contributed by atoms with Gasteiger partial charge in [-0.25, -0.2) is 0 Å². The summed E-state index contributed by atoms with van der Waals surface area (Å²) in [5, 5.41) is 10.7. The number of hydrogen-bond acceptors (Lipinski definition) is 3. The van der Waals surface area contributed by atoms with E-state index in [-0.39, 0.29) is 5.91 Å². The number of nitrogens with zero attached hydrogens (tertiary/aromatic N) is 4. The Hall–Kier alpha value is -1.63. The highest BCUT2D eigenvalue weighted by molar-refractivity contribution is 9.10. The lowest BCUT2D eigenvalue weighted by Crippen LogP contribution is -2.28. The fourth-order valence-corrected chi connectivity index (χ4v) is 2.63. The topological polar surface area (TPSA) is 64.7 Å². The molecule has 6 nitrogen and oxygen atoms in total. The Bertz CT molecular complexity index is 628. The van der Waals surface area contributed by atoms with E-state index in [2.05, 4.69) is 36.0 Å². The number of aryl methyl sites for hydroxylation is 1. The van der Waals surface area contributed by atoms with Crippen molar-refractivity contribution >= 4 is 21.8 Å². The molecule has 1 N–H and O–H groups in total. The van der Waals surface area contributed by atoms with E-state index in [0.717, 1.165) is 28.8 Å². The van der Waals surface area contributed by atoms with Gasteiger partial charge in [-0.3, -0.25) is 4.79 Å². The molecule has 0 bridgehead atoms. The molecule has 106 valence electrons. The van der Waals surface area contributed by atoms with Crippen molar-refractivity contribution in [2.24, 2.45) is 7.05 Å². The maximum absolute atomic E-state index is 12.2. The normalized spacial score (nSPS) is 14.5. The van der Waals surface area contributed by atoms with E-state index in [0.29, 0.717) is 19.0 Å². The van der Waals surface area contributed by atoms with Crippen LogP contribution < -0.4 is 5.32 Å². The van der Waals surface area contributed by atoms with Crippen molar-refractivity contribution in [3.8, 4) is 0 Å². The number of aromatic nitrogens is 4. The highest BCUT2D eigenvalue weighted by atomic mass is 79.9. The van der Waals surface area contributed by atoms with Crippen LogP contribution in [0.1, 0.15) is 35.2 Å². The first-order valence-corrected chi connectivity index (χ1v) is 7.43. The first-order valence-electron chi connectivity index (χ1n) is 6.63. The van der Waals surface area contributed by atoms with Gasteiger partial charge in [0.25, 0.3) is 5.91 Å². The molecule has 0 aliphatic heterocycles. The van der Waals surface area contributed by atoms with Crippen LogP contribution in [-0.4, -0.2) is 31.8 Å². The van der Waals surface area contributed by atoms with Crippen molar-refractivity contribution in [3.05, 3.63) is 34.6 Å². The van der Waals surface area contributed by atoms with Gasteiger partial charge in [-0.15, -0.1) is 10.2 Å². The van der Waals surface area contributed by atoms with E-state index < -0.39 is 0 Å². The van der Waals surface area contributed by atoms with Gasteiger partial charge in [-0.1, -0.05) is 0 Å². The van der Waals surface area contributed by atoms with Crippen LogP contribution in [0.4, 0.5) is 0 Å². The van der Waals surface area contributed by atoms with Gasteiger partial charge in [0.15, 0.2) is 0 Å². The second-order valence-electron chi connectivity index (χ2n) is 5.05. The molecule has 7 heteroatoms. The Morgan fingerprint density at radius 1 is 1.55 bits per heavy atom. The molecule has 1 aliphatic carbocycles. The Balaban J connectivity index is 1.60. The van der Waals surface area contributed by atoms with Gasteiger partial charge in [0, 0.05) is 36.7 Å².